The Morgan fingerprint density at radius 3 is 2.33 bits per heavy atom. The van der Waals surface area contributed by atoms with E-state index in [1.165, 1.54) is 5.56 Å². The highest BCUT2D eigenvalue weighted by Gasteiger charge is 2.20. The Bertz CT molecular complexity index is 783. The molecule has 2 aromatic rings. The van der Waals surface area contributed by atoms with Crippen LogP contribution < -0.4 is 10.1 Å². The van der Waals surface area contributed by atoms with Gasteiger partial charge < -0.3 is 14.8 Å². The molecule has 1 N–H and O–H groups in total. The first-order valence-corrected chi connectivity index (χ1v) is 9.32. The van der Waals surface area contributed by atoms with Gasteiger partial charge in [-0.3, -0.25) is 4.79 Å². The van der Waals surface area contributed by atoms with Gasteiger partial charge in [-0.1, -0.05) is 32.0 Å². The Balaban J connectivity index is 2.11. The van der Waals surface area contributed by atoms with E-state index in [9.17, 15) is 9.59 Å². The van der Waals surface area contributed by atoms with Gasteiger partial charge >= 0.3 is 5.97 Å². The maximum absolute atomic E-state index is 12.7. The molecule has 0 spiro atoms. The summed E-state index contributed by atoms with van der Waals surface area (Å²) in [5.74, 6) is -0.000299. The average molecular weight is 369 g/mol. The monoisotopic (exact) mass is 369 g/mol. The van der Waals surface area contributed by atoms with Crippen LogP contribution in [0.4, 0.5) is 5.69 Å². The van der Waals surface area contributed by atoms with Crippen LogP contribution in [0.5, 0.6) is 5.75 Å². The summed E-state index contributed by atoms with van der Waals surface area (Å²) in [6.07, 6.45) is 0.856. The molecule has 5 nitrogen and oxygen atoms in total. The number of anilines is 1. The van der Waals surface area contributed by atoms with Crippen LogP contribution in [0.1, 0.15) is 48.7 Å². The Morgan fingerprint density at radius 2 is 1.74 bits per heavy atom. The minimum Gasteiger partial charge on any atom is -0.481 e. The van der Waals surface area contributed by atoms with Crippen LogP contribution in [0.3, 0.4) is 0 Å². The summed E-state index contributed by atoms with van der Waals surface area (Å²) in [6.45, 7) is 7.91. The van der Waals surface area contributed by atoms with Gasteiger partial charge in [-0.25, -0.2) is 4.79 Å². The van der Waals surface area contributed by atoms with E-state index >= 15 is 0 Å². The molecule has 0 radical (unpaired) electrons. The Morgan fingerprint density at radius 1 is 1.04 bits per heavy atom. The van der Waals surface area contributed by atoms with Crippen molar-refractivity contribution in [2.45, 2.75) is 46.6 Å². The SMILES string of the molecule is CCOC(=O)c1ccc(C)c(NC(=O)C(CC)Oc2ccc(CC)cc2)c1. The van der Waals surface area contributed by atoms with E-state index in [0.717, 1.165) is 12.0 Å². The molecule has 0 bridgehead atoms. The lowest BCUT2D eigenvalue weighted by Crippen LogP contribution is -2.32. The van der Waals surface area contributed by atoms with E-state index in [1.807, 2.05) is 38.1 Å². The predicted molar refractivity (Wildman–Crippen MR) is 106 cm³/mol. The molecule has 0 aliphatic carbocycles. The largest absolute Gasteiger partial charge is 0.481 e. The number of nitrogens with one attached hydrogen (secondary N) is 1. The van der Waals surface area contributed by atoms with Crippen molar-refractivity contribution in [3.8, 4) is 5.75 Å². The molecule has 0 aliphatic heterocycles. The second kappa shape index (κ2) is 9.76. The molecule has 0 saturated heterocycles. The maximum atomic E-state index is 12.7. The van der Waals surface area contributed by atoms with Crippen LogP contribution in [0, 0.1) is 6.92 Å². The van der Waals surface area contributed by atoms with E-state index < -0.39 is 12.1 Å². The highest BCUT2D eigenvalue weighted by Crippen LogP contribution is 2.20. The zero-order chi connectivity index (χ0) is 19.8. The van der Waals surface area contributed by atoms with Gasteiger partial charge in [-0.05, 0) is 62.1 Å². The second-order valence-corrected chi connectivity index (χ2v) is 6.25. The molecule has 0 saturated carbocycles. The summed E-state index contributed by atoms with van der Waals surface area (Å²) in [6, 6.07) is 12.8. The lowest BCUT2D eigenvalue weighted by Gasteiger charge is -2.18. The van der Waals surface area contributed by atoms with Gasteiger partial charge in [0.15, 0.2) is 6.10 Å². The van der Waals surface area contributed by atoms with Crippen LogP contribution in [-0.4, -0.2) is 24.6 Å². The van der Waals surface area contributed by atoms with Crippen molar-refractivity contribution in [1.29, 1.82) is 0 Å². The Hall–Kier alpha value is -2.82. The molecule has 27 heavy (non-hydrogen) atoms. The fourth-order valence-corrected chi connectivity index (χ4v) is 2.60. The Labute approximate surface area is 160 Å². The highest BCUT2D eigenvalue weighted by molar-refractivity contribution is 5.97. The van der Waals surface area contributed by atoms with Gasteiger partial charge in [0.2, 0.25) is 0 Å². The highest BCUT2D eigenvalue weighted by atomic mass is 16.5. The number of carbonyl (C=O) groups is 2. The number of esters is 1. The quantitative estimate of drug-likeness (QED) is 0.694. The molecule has 5 heteroatoms. The van der Waals surface area contributed by atoms with E-state index in [1.54, 1.807) is 25.1 Å². The first-order chi connectivity index (χ1) is 13.0. The van der Waals surface area contributed by atoms with Gasteiger partial charge in [0, 0.05) is 5.69 Å². The normalized spacial score (nSPS) is 11.6. The predicted octanol–water partition coefficient (Wildman–Crippen LogP) is 4.53. The topological polar surface area (TPSA) is 64.6 Å². The van der Waals surface area contributed by atoms with Crippen LogP contribution >= 0.6 is 0 Å². The standard InChI is InChI=1S/C22H27NO4/c1-5-16-9-12-18(13-10-16)27-20(6-2)21(24)23-19-14-17(11-8-15(19)4)22(25)26-7-3/h8-14,20H,5-7H2,1-4H3,(H,23,24). The first kappa shape index (κ1) is 20.5. The minimum atomic E-state index is -0.622. The number of hydrogen-bond acceptors (Lipinski definition) is 4. The summed E-state index contributed by atoms with van der Waals surface area (Å²) >= 11 is 0. The van der Waals surface area contributed by atoms with Crippen molar-refractivity contribution >= 4 is 17.6 Å². The lowest BCUT2D eigenvalue weighted by atomic mass is 10.1. The third-order valence-corrected chi connectivity index (χ3v) is 4.28. The number of carbonyl (C=O) groups excluding carboxylic acids is 2. The minimum absolute atomic E-state index is 0.249. The van der Waals surface area contributed by atoms with Crippen molar-refractivity contribution in [3.05, 3.63) is 59.2 Å². The van der Waals surface area contributed by atoms with E-state index in [4.69, 9.17) is 9.47 Å². The summed E-state index contributed by atoms with van der Waals surface area (Å²) in [4.78, 5) is 24.6. The molecular weight excluding hydrogens is 342 g/mol. The van der Waals surface area contributed by atoms with Crippen molar-refractivity contribution in [3.63, 3.8) is 0 Å². The van der Waals surface area contributed by atoms with Gasteiger partial charge in [0.1, 0.15) is 5.75 Å². The van der Waals surface area contributed by atoms with Crippen LogP contribution in [-0.2, 0) is 16.0 Å². The van der Waals surface area contributed by atoms with Crippen molar-refractivity contribution < 1.29 is 19.1 Å². The van der Waals surface area contributed by atoms with Gasteiger partial charge in [0.05, 0.1) is 12.2 Å². The number of benzene rings is 2. The van der Waals surface area contributed by atoms with Crippen LogP contribution in [0.15, 0.2) is 42.5 Å². The molecule has 0 aromatic heterocycles. The molecule has 2 rings (SSSR count). The number of rotatable bonds is 8. The molecule has 0 heterocycles. The summed E-state index contributed by atoms with van der Waals surface area (Å²) < 4.78 is 10.9. The van der Waals surface area contributed by atoms with E-state index in [-0.39, 0.29) is 5.91 Å². The molecule has 144 valence electrons. The van der Waals surface area contributed by atoms with Crippen molar-refractivity contribution in [1.82, 2.24) is 0 Å². The van der Waals surface area contributed by atoms with Gasteiger partial charge in [-0.2, -0.15) is 0 Å². The van der Waals surface area contributed by atoms with Crippen LogP contribution in [0.2, 0.25) is 0 Å². The molecule has 0 aliphatic rings. The first-order valence-electron chi connectivity index (χ1n) is 9.32. The molecule has 0 fully saturated rings. The molecule has 2 aromatic carbocycles. The number of aryl methyl sites for hydroxylation is 2. The fourth-order valence-electron chi connectivity index (χ4n) is 2.60. The Kier molecular flexibility index (Phi) is 7.41. The van der Waals surface area contributed by atoms with Gasteiger partial charge in [0.25, 0.3) is 5.91 Å². The van der Waals surface area contributed by atoms with Crippen molar-refractivity contribution in [2.75, 3.05) is 11.9 Å². The molecule has 1 atom stereocenters. The zero-order valence-corrected chi connectivity index (χ0v) is 16.4. The molecular formula is C22H27NO4. The third-order valence-electron chi connectivity index (χ3n) is 4.28. The van der Waals surface area contributed by atoms with E-state index in [2.05, 4.69) is 12.2 Å². The van der Waals surface area contributed by atoms with E-state index in [0.29, 0.717) is 30.0 Å². The number of amides is 1. The fraction of sp³-hybridized carbons (Fsp3) is 0.364. The van der Waals surface area contributed by atoms with Crippen LogP contribution in [0.25, 0.3) is 0 Å². The smallest absolute Gasteiger partial charge is 0.338 e. The lowest BCUT2D eigenvalue weighted by molar-refractivity contribution is -0.122. The third kappa shape index (κ3) is 5.58. The van der Waals surface area contributed by atoms with Crippen molar-refractivity contribution in [2.24, 2.45) is 0 Å². The zero-order valence-electron chi connectivity index (χ0n) is 16.4. The summed E-state index contributed by atoms with van der Waals surface area (Å²) in [5, 5.41) is 2.87. The second-order valence-electron chi connectivity index (χ2n) is 6.25. The molecule has 1 unspecified atom stereocenters. The average Bonchev–Trinajstić information content (AvgIpc) is 2.68. The summed E-state index contributed by atoms with van der Waals surface area (Å²) in [7, 11) is 0. The summed E-state index contributed by atoms with van der Waals surface area (Å²) in [5.41, 5.74) is 3.06. The maximum Gasteiger partial charge on any atom is 0.338 e. The number of ether oxygens (including phenoxy) is 2. The number of hydrogen-bond donors (Lipinski definition) is 1. The van der Waals surface area contributed by atoms with Gasteiger partial charge in [-0.15, -0.1) is 0 Å². The molecule has 1 amide bonds.